The highest BCUT2D eigenvalue weighted by Gasteiger charge is 2.33. The Morgan fingerprint density at radius 3 is 3.00 bits per heavy atom. The standard InChI is InChI=1S/C11H11N3O3S/c15-18(16)6-9(8-3-1-2-4-10(8)18)12-5-11-13-7-17-14-11/h1-4,7,9,12H,5-6H2. The van der Waals surface area contributed by atoms with E-state index in [1.54, 1.807) is 12.1 Å². The van der Waals surface area contributed by atoms with Gasteiger partial charge in [-0.05, 0) is 11.6 Å². The summed E-state index contributed by atoms with van der Waals surface area (Å²) in [6.07, 6.45) is 1.25. The molecule has 1 atom stereocenters. The van der Waals surface area contributed by atoms with Crippen LogP contribution in [0.2, 0.25) is 0 Å². The first-order valence-electron chi connectivity index (χ1n) is 5.47. The highest BCUT2D eigenvalue weighted by Crippen LogP contribution is 2.32. The quantitative estimate of drug-likeness (QED) is 0.878. The Balaban J connectivity index is 1.83. The molecule has 94 valence electrons. The Bertz CT molecular complexity index is 652. The second-order valence-electron chi connectivity index (χ2n) is 4.10. The summed E-state index contributed by atoms with van der Waals surface area (Å²) in [7, 11) is -3.17. The Morgan fingerprint density at radius 1 is 1.39 bits per heavy atom. The highest BCUT2D eigenvalue weighted by atomic mass is 32.2. The molecule has 18 heavy (non-hydrogen) atoms. The van der Waals surface area contributed by atoms with E-state index < -0.39 is 9.84 Å². The second-order valence-corrected chi connectivity index (χ2v) is 6.10. The van der Waals surface area contributed by atoms with Crippen LogP contribution in [0.15, 0.2) is 40.1 Å². The molecule has 0 saturated heterocycles. The zero-order valence-electron chi connectivity index (χ0n) is 9.41. The maximum absolute atomic E-state index is 11.9. The van der Waals surface area contributed by atoms with E-state index in [9.17, 15) is 8.42 Å². The number of nitrogens with zero attached hydrogens (tertiary/aromatic N) is 2. The molecule has 3 rings (SSSR count). The fourth-order valence-electron chi connectivity index (χ4n) is 2.10. The molecule has 0 spiro atoms. The molecule has 1 aromatic heterocycles. The molecule has 1 aromatic carbocycles. The second kappa shape index (κ2) is 4.18. The first-order chi connectivity index (χ1) is 8.67. The van der Waals surface area contributed by atoms with Crippen LogP contribution in [0.3, 0.4) is 0 Å². The maximum Gasteiger partial charge on any atom is 0.213 e. The van der Waals surface area contributed by atoms with Crippen LogP contribution in [0.5, 0.6) is 0 Å². The molecular weight excluding hydrogens is 254 g/mol. The number of hydrogen-bond donors (Lipinski definition) is 1. The van der Waals surface area contributed by atoms with E-state index in [4.69, 9.17) is 0 Å². The Kier molecular flexibility index (Phi) is 2.64. The molecule has 0 amide bonds. The molecular formula is C11H11N3O3S. The maximum atomic E-state index is 11.9. The minimum atomic E-state index is -3.17. The molecule has 1 aliphatic rings. The molecule has 0 radical (unpaired) electrons. The smallest absolute Gasteiger partial charge is 0.213 e. The summed E-state index contributed by atoms with van der Waals surface area (Å²) < 4.78 is 28.5. The third-order valence-electron chi connectivity index (χ3n) is 2.93. The summed E-state index contributed by atoms with van der Waals surface area (Å²) in [5, 5.41) is 6.80. The monoisotopic (exact) mass is 265 g/mol. The van der Waals surface area contributed by atoms with Crippen LogP contribution in [-0.2, 0) is 16.4 Å². The summed E-state index contributed by atoms with van der Waals surface area (Å²) in [5.74, 6) is 0.585. The number of rotatable bonds is 3. The van der Waals surface area contributed by atoms with Gasteiger partial charge in [0, 0.05) is 6.04 Å². The van der Waals surface area contributed by atoms with E-state index >= 15 is 0 Å². The highest BCUT2D eigenvalue weighted by molar-refractivity contribution is 7.91. The molecule has 1 aliphatic heterocycles. The van der Waals surface area contributed by atoms with Gasteiger partial charge in [0.1, 0.15) is 0 Å². The topological polar surface area (TPSA) is 85.1 Å². The average molecular weight is 265 g/mol. The lowest BCUT2D eigenvalue weighted by Gasteiger charge is -2.10. The number of hydrogen-bond acceptors (Lipinski definition) is 6. The van der Waals surface area contributed by atoms with Gasteiger partial charge >= 0.3 is 0 Å². The Labute approximate surface area is 104 Å². The van der Waals surface area contributed by atoms with Crippen molar-refractivity contribution in [3.05, 3.63) is 42.0 Å². The van der Waals surface area contributed by atoms with E-state index in [0.29, 0.717) is 17.3 Å². The van der Waals surface area contributed by atoms with E-state index in [-0.39, 0.29) is 11.8 Å². The predicted octanol–water partition coefficient (Wildman–Crippen LogP) is 0.688. The molecule has 0 fully saturated rings. The number of aromatic nitrogens is 2. The summed E-state index contributed by atoms with van der Waals surface area (Å²) in [6.45, 7) is 0.380. The average Bonchev–Trinajstić information content (AvgIpc) is 2.95. The summed E-state index contributed by atoms with van der Waals surface area (Å²) in [4.78, 5) is 4.29. The van der Waals surface area contributed by atoms with E-state index in [0.717, 1.165) is 5.56 Å². The van der Waals surface area contributed by atoms with Gasteiger partial charge in [-0.25, -0.2) is 8.42 Å². The molecule has 1 unspecified atom stereocenters. The normalized spacial score (nSPS) is 20.8. The number of fused-ring (bicyclic) bond motifs is 1. The molecule has 6 nitrogen and oxygen atoms in total. The van der Waals surface area contributed by atoms with Crippen LogP contribution in [0, 0.1) is 0 Å². The van der Waals surface area contributed by atoms with Crippen molar-refractivity contribution < 1.29 is 12.9 Å². The summed E-state index contributed by atoms with van der Waals surface area (Å²) >= 11 is 0. The van der Waals surface area contributed by atoms with Gasteiger partial charge in [0.25, 0.3) is 0 Å². The van der Waals surface area contributed by atoms with E-state index in [1.807, 2.05) is 12.1 Å². The van der Waals surface area contributed by atoms with Crippen LogP contribution >= 0.6 is 0 Å². The van der Waals surface area contributed by atoms with Gasteiger partial charge in [0.05, 0.1) is 17.2 Å². The van der Waals surface area contributed by atoms with Crippen molar-refractivity contribution in [2.45, 2.75) is 17.5 Å². The van der Waals surface area contributed by atoms with Crippen molar-refractivity contribution in [2.24, 2.45) is 0 Å². The molecule has 2 aromatic rings. The molecule has 1 N–H and O–H groups in total. The summed E-state index contributed by atoms with van der Waals surface area (Å²) in [5.41, 5.74) is 0.806. The van der Waals surface area contributed by atoms with Gasteiger partial charge < -0.3 is 9.84 Å². The van der Waals surface area contributed by atoms with Gasteiger partial charge in [0.15, 0.2) is 15.7 Å². The van der Waals surface area contributed by atoms with E-state index in [2.05, 4.69) is 20.0 Å². The minimum absolute atomic E-state index is 0.0736. The molecule has 2 heterocycles. The van der Waals surface area contributed by atoms with Gasteiger partial charge in [-0.1, -0.05) is 23.4 Å². The van der Waals surface area contributed by atoms with Crippen molar-refractivity contribution in [3.8, 4) is 0 Å². The Hall–Kier alpha value is -1.73. The Morgan fingerprint density at radius 2 is 2.22 bits per heavy atom. The predicted molar refractivity (Wildman–Crippen MR) is 62.4 cm³/mol. The molecule has 7 heteroatoms. The zero-order chi connectivity index (χ0) is 12.6. The zero-order valence-corrected chi connectivity index (χ0v) is 10.2. The number of sulfone groups is 1. The molecule has 0 bridgehead atoms. The van der Waals surface area contributed by atoms with Crippen molar-refractivity contribution in [2.75, 3.05) is 5.75 Å². The van der Waals surface area contributed by atoms with Crippen molar-refractivity contribution in [1.29, 1.82) is 0 Å². The number of nitrogens with one attached hydrogen (secondary N) is 1. The lowest BCUT2D eigenvalue weighted by atomic mass is 10.1. The first kappa shape index (κ1) is 11.4. The van der Waals surface area contributed by atoms with Crippen LogP contribution in [-0.4, -0.2) is 24.3 Å². The van der Waals surface area contributed by atoms with Crippen molar-refractivity contribution in [3.63, 3.8) is 0 Å². The largest absolute Gasteiger partial charge is 0.343 e. The molecule has 0 saturated carbocycles. The third kappa shape index (κ3) is 1.91. The van der Waals surface area contributed by atoms with Crippen molar-refractivity contribution >= 4 is 9.84 Å². The van der Waals surface area contributed by atoms with Gasteiger partial charge in [-0.3, -0.25) is 0 Å². The van der Waals surface area contributed by atoms with Crippen LogP contribution in [0.4, 0.5) is 0 Å². The van der Waals surface area contributed by atoms with Gasteiger partial charge in [0.2, 0.25) is 6.39 Å². The first-order valence-corrected chi connectivity index (χ1v) is 7.12. The lowest BCUT2D eigenvalue weighted by Crippen LogP contribution is -2.22. The fraction of sp³-hybridized carbons (Fsp3) is 0.273. The van der Waals surface area contributed by atoms with Gasteiger partial charge in [-0.15, -0.1) is 0 Å². The van der Waals surface area contributed by atoms with Crippen LogP contribution in [0.25, 0.3) is 0 Å². The SMILES string of the molecule is O=S1(=O)CC(NCc2ncon2)c2ccccc21. The van der Waals surface area contributed by atoms with E-state index in [1.165, 1.54) is 6.39 Å². The fourth-order valence-corrected chi connectivity index (χ4v) is 3.88. The minimum Gasteiger partial charge on any atom is -0.343 e. The lowest BCUT2D eigenvalue weighted by molar-refractivity contribution is 0.405. The third-order valence-corrected chi connectivity index (χ3v) is 4.74. The molecule has 0 aliphatic carbocycles. The summed E-state index contributed by atoms with van der Waals surface area (Å²) in [6, 6.07) is 6.82. The van der Waals surface area contributed by atoms with Crippen LogP contribution in [0.1, 0.15) is 17.4 Å². The van der Waals surface area contributed by atoms with Gasteiger partial charge in [-0.2, -0.15) is 4.98 Å². The van der Waals surface area contributed by atoms with Crippen molar-refractivity contribution in [1.82, 2.24) is 15.5 Å². The van der Waals surface area contributed by atoms with Crippen LogP contribution < -0.4 is 5.32 Å². The number of benzene rings is 1.